The maximum Gasteiger partial charge on any atom is 0.227 e. The molecule has 1 atom stereocenters. The molecule has 1 heterocycles. The zero-order chi connectivity index (χ0) is 18.0. The van der Waals surface area contributed by atoms with E-state index >= 15 is 0 Å². The Morgan fingerprint density at radius 2 is 2.12 bits per heavy atom. The maximum absolute atomic E-state index is 12.7. The van der Waals surface area contributed by atoms with Gasteiger partial charge in [0, 0.05) is 24.5 Å². The van der Waals surface area contributed by atoms with Crippen molar-refractivity contribution in [3.05, 3.63) is 23.2 Å². The highest BCUT2D eigenvalue weighted by Crippen LogP contribution is 2.36. The number of carbonyl (C=O) groups is 2. The molecule has 0 spiro atoms. The minimum Gasteiger partial charge on any atom is -0.495 e. The number of hydrogen-bond acceptors (Lipinski definition) is 4. The third-order valence-electron chi connectivity index (χ3n) is 5.27. The van der Waals surface area contributed by atoms with E-state index in [1.54, 1.807) is 30.2 Å². The topological polar surface area (TPSA) is 84.7 Å². The number of methoxy groups -OCH3 is 1. The molecule has 1 aromatic rings. The first kappa shape index (κ1) is 20.8. The van der Waals surface area contributed by atoms with Crippen LogP contribution in [0.1, 0.15) is 32.1 Å². The van der Waals surface area contributed by atoms with Gasteiger partial charge >= 0.3 is 0 Å². The normalized spacial score (nSPS) is 21.4. The van der Waals surface area contributed by atoms with Crippen LogP contribution in [0.5, 0.6) is 5.75 Å². The lowest BCUT2D eigenvalue weighted by Gasteiger charge is -2.30. The predicted octanol–water partition coefficient (Wildman–Crippen LogP) is 2.51. The summed E-state index contributed by atoms with van der Waals surface area (Å²) in [6, 6.07) is 5.12. The van der Waals surface area contributed by atoms with Gasteiger partial charge in [-0.15, -0.1) is 12.4 Å². The van der Waals surface area contributed by atoms with E-state index in [0.717, 1.165) is 25.7 Å². The van der Waals surface area contributed by atoms with E-state index in [1.807, 2.05) is 0 Å². The predicted molar refractivity (Wildman–Crippen MR) is 104 cm³/mol. The number of anilines is 1. The Kier molecular flexibility index (Phi) is 6.77. The summed E-state index contributed by atoms with van der Waals surface area (Å²) in [7, 11) is 1.54. The Bertz CT molecular complexity index is 678. The summed E-state index contributed by atoms with van der Waals surface area (Å²) in [6.07, 6.45) is 4.14. The monoisotopic (exact) mass is 401 g/mol. The van der Waals surface area contributed by atoms with Crippen LogP contribution in [0, 0.1) is 5.92 Å². The fourth-order valence-electron chi connectivity index (χ4n) is 3.79. The molecule has 3 rings (SSSR count). The molecule has 1 unspecified atom stereocenters. The SMILES string of the molecule is COc1ccc(Cl)cc1N1CC(C(=O)NC2(CN)CCCC2)CC1=O.Cl. The van der Waals surface area contributed by atoms with Crippen molar-refractivity contribution in [3.63, 3.8) is 0 Å². The van der Waals surface area contributed by atoms with Gasteiger partial charge in [-0.05, 0) is 31.0 Å². The Balaban J connectivity index is 0.00000243. The summed E-state index contributed by atoms with van der Waals surface area (Å²) in [6.45, 7) is 0.757. The summed E-state index contributed by atoms with van der Waals surface area (Å²) in [4.78, 5) is 26.8. The van der Waals surface area contributed by atoms with Gasteiger partial charge in [-0.25, -0.2) is 0 Å². The summed E-state index contributed by atoms with van der Waals surface area (Å²) in [5, 5.41) is 3.63. The molecular formula is C18H25Cl2N3O3. The Morgan fingerprint density at radius 3 is 2.73 bits per heavy atom. The van der Waals surface area contributed by atoms with Crippen molar-refractivity contribution in [1.82, 2.24) is 5.32 Å². The highest BCUT2D eigenvalue weighted by Gasteiger charge is 2.40. The summed E-state index contributed by atoms with van der Waals surface area (Å²) in [5.41, 5.74) is 6.19. The van der Waals surface area contributed by atoms with Gasteiger partial charge in [0.05, 0.1) is 24.3 Å². The molecule has 8 heteroatoms. The lowest BCUT2D eigenvalue weighted by Crippen LogP contribution is -2.53. The number of nitrogens with zero attached hydrogens (tertiary/aromatic N) is 1. The van der Waals surface area contributed by atoms with Crippen molar-refractivity contribution in [1.29, 1.82) is 0 Å². The maximum atomic E-state index is 12.7. The Labute approximate surface area is 164 Å². The van der Waals surface area contributed by atoms with E-state index in [2.05, 4.69) is 5.32 Å². The summed E-state index contributed by atoms with van der Waals surface area (Å²) < 4.78 is 5.33. The van der Waals surface area contributed by atoms with Crippen molar-refractivity contribution in [3.8, 4) is 5.75 Å². The zero-order valence-electron chi connectivity index (χ0n) is 14.8. The van der Waals surface area contributed by atoms with E-state index in [0.29, 0.717) is 29.5 Å². The molecule has 6 nitrogen and oxygen atoms in total. The Morgan fingerprint density at radius 1 is 1.42 bits per heavy atom. The lowest BCUT2D eigenvalue weighted by molar-refractivity contribution is -0.127. The van der Waals surface area contributed by atoms with Crippen molar-refractivity contribution in [2.45, 2.75) is 37.6 Å². The number of hydrogen-bond donors (Lipinski definition) is 2. The van der Waals surface area contributed by atoms with Crippen molar-refractivity contribution in [2.75, 3.05) is 25.1 Å². The van der Waals surface area contributed by atoms with Crippen molar-refractivity contribution < 1.29 is 14.3 Å². The van der Waals surface area contributed by atoms with Crippen LogP contribution in [-0.2, 0) is 9.59 Å². The van der Waals surface area contributed by atoms with Gasteiger partial charge in [-0.3, -0.25) is 9.59 Å². The molecule has 2 fully saturated rings. The van der Waals surface area contributed by atoms with Crippen molar-refractivity contribution in [2.24, 2.45) is 11.7 Å². The molecule has 0 aromatic heterocycles. The molecule has 3 N–H and O–H groups in total. The largest absolute Gasteiger partial charge is 0.495 e. The second-order valence-corrected chi connectivity index (χ2v) is 7.34. The van der Waals surface area contributed by atoms with Gasteiger partial charge in [0.25, 0.3) is 0 Å². The van der Waals surface area contributed by atoms with Gasteiger partial charge in [0.1, 0.15) is 5.75 Å². The van der Waals surface area contributed by atoms with E-state index < -0.39 is 0 Å². The number of benzene rings is 1. The van der Waals surface area contributed by atoms with Crippen LogP contribution in [0.25, 0.3) is 0 Å². The molecule has 1 saturated heterocycles. The number of halogens is 2. The van der Waals surface area contributed by atoms with Gasteiger partial charge in [0.15, 0.2) is 0 Å². The van der Waals surface area contributed by atoms with Crippen molar-refractivity contribution >= 4 is 41.5 Å². The summed E-state index contributed by atoms with van der Waals surface area (Å²) >= 11 is 6.06. The van der Waals surface area contributed by atoms with Crippen LogP contribution in [0.2, 0.25) is 5.02 Å². The van der Waals surface area contributed by atoms with Crippen LogP contribution >= 0.6 is 24.0 Å². The zero-order valence-corrected chi connectivity index (χ0v) is 16.4. The quantitative estimate of drug-likeness (QED) is 0.793. The first-order valence-corrected chi connectivity index (χ1v) is 9.02. The molecular weight excluding hydrogens is 377 g/mol. The molecule has 1 saturated carbocycles. The summed E-state index contributed by atoms with van der Waals surface area (Å²) in [5.74, 6) is -0.0219. The highest BCUT2D eigenvalue weighted by atomic mass is 35.5. The van der Waals surface area contributed by atoms with E-state index in [-0.39, 0.29) is 42.1 Å². The smallest absolute Gasteiger partial charge is 0.227 e. The third-order valence-corrected chi connectivity index (χ3v) is 5.50. The number of nitrogens with one attached hydrogen (secondary N) is 1. The van der Waals surface area contributed by atoms with Crippen LogP contribution in [0.15, 0.2) is 18.2 Å². The van der Waals surface area contributed by atoms with Crippen LogP contribution in [-0.4, -0.2) is 37.6 Å². The van der Waals surface area contributed by atoms with Gasteiger partial charge in [-0.1, -0.05) is 24.4 Å². The highest BCUT2D eigenvalue weighted by molar-refractivity contribution is 6.31. The molecule has 1 aliphatic carbocycles. The average Bonchev–Trinajstić information content (AvgIpc) is 3.22. The fraction of sp³-hybridized carbons (Fsp3) is 0.556. The molecule has 26 heavy (non-hydrogen) atoms. The molecule has 144 valence electrons. The molecule has 0 bridgehead atoms. The first-order chi connectivity index (χ1) is 12.0. The number of amides is 2. The van der Waals surface area contributed by atoms with Crippen LogP contribution in [0.4, 0.5) is 5.69 Å². The number of nitrogens with two attached hydrogens (primary N) is 1. The third kappa shape index (κ3) is 4.08. The molecule has 2 amide bonds. The Hall–Kier alpha value is -1.50. The first-order valence-electron chi connectivity index (χ1n) is 8.64. The second-order valence-electron chi connectivity index (χ2n) is 6.90. The average molecular weight is 402 g/mol. The molecule has 1 aliphatic heterocycles. The van der Waals surface area contributed by atoms with Gasteiger partial charge in [-0.2, -0.15) is 0 Å². The molecule has 0 radical (unpaired) electrons. The van der Waals surface area contributed by atoms with Gasteiger partial charge in [0.2, 0.25) is 11.8 Å². The molecule has 1 aromatic carbocycles. The van der Waals surface area contributed by atoms with Crippen LogP contribution < -0.4 is 20.7 Å². The van der Waals surface area contributed by atoms with Gasteiger partial charge < -0.3 is 20.7 Å². The number of rotatable bonds is 5. The number of ether oxygens (including phenoxy) is 1. The van der Waals surface area contributed by atoms with E-state index in [4.69, 9.17) is 22.1 Å². The molecule has 2 aliphatic rings. The second kappa shape index (κ2) is 8.46. The minimum atomic E-state index is -0.389. The van der Waals surface area contributed by atoms with Crippen LogP contribution in [0.3, 0.4) is 0 Å². The minimum absolute atomic E-state index is 0. The number of carbonyl (C=O) groups excluding carboxylic acids is 2. The standard InChI is InChI=1S/C18H24ClN3O3.ClH/c1-25-15-5-4-13(19)9-14(15)22-10-12(8-16(22)23)17(24)21-18(11-20)6-2-3-7-18;/h4-5,9,12H,2-3,6-8,10-11,20H2,1H3,(H,21,24);1H. The lowest BCUT2D eigenvalue weighted by atomic mass is 9.96. The van der Waals surface area contributed by atoms with E-state index in [1.165, 1.54) is 0 Å². The van der Waals surface area contributed by atoms with E-state index in [9.17, 15) is 9.59 Å². The fourth-order valence-corrected chi connectivity index (χ4v) is 3.95.